The van der Waals surface area contributed by atoms with E-state index in [-0.39, 0.29) is 23.7 Å². The fourth-order valence-corrected chi connectivity index (χ4v) is 5.24. The van der Waals surface area contributed by atoms with Gasteiger partial charge in [0.15, 0.2) is 6.10 Å². The lowest BCUT2D eigenvalue weighted by Gasteiger charge is -2.26. The molecule has 1 aliphatic rings. The number of hydrogen-bond acceptors (Lipinski definition) is 8. The minimum Gasteiger partial charge on any atom is -0.495 e. The smallest absolute Gasteiger partial charge is 0.265 e. The van der Waals surface area contributed by atoms with Gasteiger partial charge in [0.2, 0.25) is 20.0 Å². The molecular formula is C22H29N3O8S2. The van der Waals surface area contributed by atoms with Gasteiger partial charge in [-0.15, -0.1) is 0 Å². The van der Waals surface area contributed by atoms with E-state index in [4.69, 9.17) is 14.2 Å². The molecule has 0 aromatic heterocycles. The molecule has 0 aliphatic carbocycles. The summed E-state index contributed by atoms with van der Waals surface area (Å²) in [5, 5.41) is 2.66. The summed E-state index contributed by atoms with van der Waals surface area (Å²) in [7, 11) is -4.33. The Bertz CT molecular complexity index is 1260. The third kappa shape index (κ3) is 6.42. The third-order valence-corrected chi connectivity index (χ3v) is 8.52. The third-order valence-electron chi connectivity index (χ3n) is 5.42. The SMILES string of the molecule is COc1ccc(S(=O)(=O)N2CCOCC2)cc1NC(=O)[C@H](C)Oc1ccc(N(C)S(C)(=O)=O)cc1. The number of hydrogen-bond donors (Lipinski definition) is 1. The summed E-state index contributed by atoms with van der Waals surface area (Å²) in [5.41, 5.74) is 0.632. The molecule has 1 N–H and O–H groups in total. The van der Waals surface area contributed by atoms with Crippen molar-refractivity contribution in [3.8, 4) is 11.5 Å². The molecule has 1 fully saturated rings. The van der Waals surface area contributed by atoms with Crippen molar-refractivity contribution in [3.63, 3.8) is 0 Å². The molecule has 1 atom stereocenters. The van der Waals surface area contributed by atoms with Gasteiger partial charge in [0.05, 0.1) is 42.8 Å². The topological polar surface area (TPSA) is 132 Å². The molecule has 35 heavy (non-hydrogen) atoms. The van der Waals surface area contributed by atoms with E-state index in [2.05, 4.69) is 5.32 Å². The van der Waals surface area contributed by atoms with E-state index in [0.29, 0.717) is 30.4 Å². The average molecular weight is 528 g/mol. The first kappa shape index (κ1) is 26.7. The number of nitrogens with one attached hydrogen (secondary N) is 1. The maximum Gasteiger partial charge on any atom is 0.265 e. The Morgan fingerprint density at radius 3 is 2.29 bits per heavy atom. The number of sulfonamides is 2. The van der Waals surface area contributed by atoms with Gasteiger partial charge in [-0.05, 0) is 49.4 Å². The molecule has 0 unspecified atom stereocenters. The van der Waals surface area contributed by atoms with Crippen LogP contribution >= 0.6 is 0 Å². The first-order valence-electron chi connectivity index (χ1n) is 10.7. The summed E-state index contributed by atoms with van der Waals surface area (Å²) < 4.78 is 68.0. The Kier molecular flexibility index (Phi) is 8.26. The van der Waals surface area contributed by atoms with Crippen molar-refractivity contribution < 1.29 is 35.8 Å². The molecule has 3 rings (SSSR count). The van der Waals surface area contributed by atoms with Crippen LogP contribution in [0.25, 0.3) is 0 Å². The quantitative estimate of drug-likeness (QED) is 0.519. The fourth-order valence-electron chi connectivity index (χ4n) is 3.30. The van der Waals surface area contributed by atoms with Gasteiger partial charge in [0, 0.05) is 20.1 Å². The lowest BCUT2D eigenvalue weighted by Crippen LogP contribution is -2.40. The predicted molar refractivity (Wildman–Crippen MR) is 131 cm³/mol. The van der Waals surface area contributed by atoms with Gasteiger partial charge in [-0.25, -0.2) is 16.8 Å². The van der Waals surface area contributed by atoms with E-state index in [0.717, 1.165) is 10.6 Å². The number of carbonyl (C=O) groups is 1. The number of carbonyl (C=O) groups excluding carboxylic acids is 1. The van der Waals surface area contributed by atoms with Gasteiger partial charge in [0.1, 0.15) is 11.5 Å². The standard InChI is InChI=1S/C22H29N3O8S2/c1-16(33-18-7-5-17(6-8-18)24(2)34(4,27)28)22(26)23-20-15-19(9-10-21(20)31-3)35(29,30)25-11-13-32-14-12-25/h5-10,15-16H,11-14H2,1-4H3,(H,23,26)/t16-/m0/s1. The van der Waals surface area contributed by atoms with Crippen LogP contribution in [0.3, 0.4) is 0 Å². The lowest BCUT2D eigenvalue weighted by atomic mass is 10.2. The second kappa shape index (κ2) is 10.8. The second-order valence-electron chi connectivity index (χ2n) is 7.85. The Morgan fingerprint density at radius 1 is 1.09 bits per heavy atom. The van der Waals surface area contributed by atoms with Crippen LogP contribution < -0.4 is 19.1 Å². The first-order chi connectivity index (χ1) is 16.4. The van der Waals surface area contributed by atoms with Crippen molar-refractivity contribution in [2.45, 2.75) is 17.9 Å². The minimum absolute atomic E-state index is 0.0228. The number of ether oxygens (including phenoxy) is 3. The Hall–Kier alpha value is -2.87. The number of rotatable bonds is 9. The molecule has 1 heterocycles. The summed E-state index contributed by atoms with van der Waals surface area (Å²) in [5.74, 6) is 0.120. The molecular weight excluding hydrogens is 498 g/mol. The number of benzene rings is 2. The molecule has 13 heteroatoms. The van der Waals surface area contributed by atoms with Crippen LogP contribution in [0.15, 0.2) is 47.4 Å². The molecule has 1 amide bonds. The summed E-state index contributed by atoms with van der Waals surface area (Å²) >= 11 is 0. The molecule has 0 spiro atoms. The van der Waals surface area contributed by atoms with Gasteiger partial charge >= 0.3 is 0 Å². The van der Waals surface area contributed by atoms with E-state index in [1.165, 1.54) is 43.6 Å². The van der Waals surface area contributed by atoms with Gasteiger partial charge in [-0.2, -0.15) is 4.31 Å². The maximum absolute atomic E-state index is 13.0. The van der Waals surface area contributed by atoms with Crippen LogP contribution in [-0.2, 0) is 29.6 Å². The summed E-state index contributed by atoms with van der Waals surface area (Å²) in [6.45, 7) is 2.67. The molecule has 0 radical (unpaired) electrons. The van der Waals surface area contributed by atoms with Crippen molar-refractivity contribution in [2.75, 3.05) is 56.3 Å². The highest BCUT2D eigenvalue weighted by Gasteiger charge is 2.28. The molecule has 0 bridgehead atoms. The Morgan fingerprint density at radius 2 is 1.71 bits per heavy atom. The molecule has 2 aromatic rings. The van der Waals surface area contributed by atoms with Gasteiger partial charge in [-0.3, -0.25) is 9.10 Å². The minimum atomic E-state index is -3.77. The van der Waals surface area contributed by atoms with Crippen molar-refractivity contribution >= 4 is 37.3 Å². The first-order valence-corrected chi connectivity index (χ1v) is 14.0. The summed E-state index contributed by atoms with van der Waals surface area (Å²) in [6.07, 6.45) is 0.150. The zero-order valence-electron chi connectivity index (χ0n) is 19.9. The van der Waals surface area contributed by atoms with Crippen molar-refractivity contribution in [1.29, 1.82) is 0 Å². The number of nitrogens with zero attached hydrogens (tertiary/aromatic N) is 2. The highest BCUT2D eigenvalue weighted by molar-refractivity contribution is 7.92. The molecule has 2 aromatic carbocycles. The van der Waals surface area contributed by atoms with Crippen molar-refractivity contribution in [2.24, 2.45) is 0 Å². The van der Waals surface area contributed by atoms with E-state index in [1.54, 1.807) is 24.3 Å². The van der Waals surface area contributed by atoms with Gasteiger partial charge in [0.25, 0.3) is 5.91 Å². The monoisotopic (exact) mass is 527 g/mol. The van der Waals surface area contributed by atoms with Crippen LogP contribution in [0, 0.1) is 0 Å². The van der Waals surface area contributed by atoms with Crippen molar-refractivity contribution in [3.05, 3.63) is 42.5 Å². The molecule has 11 nitrogen and oxygen atoms in total. The van der Waals surface area contributed by atoms with Crippen LogP contribution in [-0.4, -0.2) is 79.9 Å². The Labute approximate surface area is 205 Å². The number of morpholine rings is 1. The van der Waals surface area contributed by atoms with Crippen molar-refractivity contribution in [1.82, 2.24) is 4.31 Å². The van der Waals surface area contributed by atoms with Crippen LogP contribution in [0.5, 0.6) is 11.5 Å². The average Bonchev–Trinajstić information content (AvgIpc) is 2.84. The van der Waals surface area contributed by atoms with E-state index >= 15 is 0 Å². The Balaban J connectivity index is 1.73. The number of methoxy groups -OCH3 is 1. The number of amides is 1. The molecule has 0 saturated carbocycles. The van der Waals surface area contributed by atoms with Crippen LogP contribution in [0.1, 0.15) is 6.92 Å². The maximum atomic E-state index is 13.0. The summed E-state index contributed by atoms with van der Waals surface area (Å²) in [6, 6.07) is 10.5. The molecule has 1 saturated heterocycles. The highest BCUT2D eigenvalue weighted by atomic mass is 32.2. The zero-order valence-corrected chi connectivity index (χ0v) is 21.6. The lowest BCUT2D eigenvalue weighted by molar-refractivity contribution is -0.122. The second-order valence-corrected chi connectivity index (χ2v) is 11.8. The fraction of sp³-hybridized carbons (Fsp3) is 0.409. The molecule has 1 aliphatic heterocycles. The summed E-state index contributed by atoms with van der Waals surface area (Å²) in [4.78, 5) is 12.8. The van der Waals surface area contributed by atoms with Crippen LogP contribution in [0.4, 0.5) is 11.4 Å². The zero-order chi connectivity index (χ0) is 25.8. The largest absolute Gasteiger partial charge is 0.495 e. The van der Waals surface area contributed by atoms with Gasteiger partial charge in [-0.1, -0.05) is 0 Å². The van der Waals surface area contributed by atoms with E-state index < -0.39 is 32.1 Å². The van der Waals surface area contributed by atoms with E-state index in [9.17, 15) is 21.6 Å². The normalized spacial score (nSPS) is 15.8. The number of anilines is 2. The highest BCUT2D eigenvalue weighted by Crippen LogP contribution is 2.30. The predicted octanol–water partition coefficient (Wildman–Crippen LogP) is 1.52. The molecule has 192 valence electrons. The van der Waals surface area contributed by atoms with Gasteiger partial charge < -0.3 is 19.5 Å². The van der Waals surface area contributed by atoms with Crippen LogP contribution in [0.2, 0.25) is 0 Å². The van der Waals surface area contributed by atoms with E-state index in [1.807, 2.05) is 0 Å².